The molecule has 1 aromatic carbocycles. The van der Waals surface area contributed by atoms with Gasteiger partial charge in [-0.1, -0.05) is 0 Å². The third-order valence-electron chi connectivity index (χ3n) is 2.52. The van der Waals surface area contributed by atoms with Crippen LogP contribution in [-0.2, 0) is 9.59 Å². The van der Waals surface area contributed by atoms with Gasteiger partial charge in [-0.15, -0.1) is 11.3 Å². The minimum absolute atomic E-state index is 0.334. The molecule has 0 spiro atoms. The van der Waals surface area contributed by atoms with Gasteiger partial charge in [0.05, 0.1) is 5.69 Å². The number of anilines is 1. The van der Waals surface area contributed by atoms with Gasteiger partial charge in [0.25, 0.3) is 0 Å². The first-order valence-electron chi connectivity index (χ1n) is 5.91. The van der Waals surface area contributed by atoms with E-state index in [0.29, 0.717) is 10.8 Å². The average molecular weight is 306 g/mol. The third kappa shape index (κ3) is 3.96. The Balaban J connectivity index is 2.17. The normalized spacial score (nSPS) is 10.8. The highest BCUT2D eigenvalue weighted by atomic mass is 32.1. The molecule has 0 aliphatic carbocycles. The molecule has 0 bridgehead atoms. The first-order chi connectivity index (χ1) is 9.95. The Morgan fingerprint density at radius 3 is 2.57 bits per heavy atom. The van der Waals surface area contributed by atoms with Crippen LogP contribution in [0, 0.1) is 12.7 Å². The van der Waals surface area contributed by atoms with Gasteiger partial charge in [0.2, 0.25) is 5.91 Å². The van der Waals surface area contributed by atoms with E-state index in [-0.39, 0.29) is 5.82 Å². The molecule has 0 radical (unpaired) electrons. The Hall–Kier alpha value is -2.54. The Kier molecular flexibility index (Phi) is 4.44. The van der Waals surface area contributed by atoms with Crippen molar-refractivity contribution in [1.82, 2.24) is 4.98 Å². The molecule has 2 rings (SSSR count). The molecule has 21 heavy (non-hydrogen) atoms. The van der Waals surface area contributed by atoms with E-state index in [0.717, 1.165) is 22.6 Å². The lowest BCUT2D eigenvalue weighted by Gasteiger charge is -1.98. The molecule has 0 fully saturated rings. The fourth-order valence-corrected chi connectivity index (χ4v) is 2.46. The van der Waals surface area contributed by atoms with Crippen LogP contribution in [0.15, 0.2) is 36.4 Å². The summed E-state index contributed by atoms with van der Waals surface area (Å²) in [7, 11) is 0. The van der Waals surface area contributed by atoms with Crippen LogP contribution in [0.3, 0.4) is 0 Å². The number of aromatic nitrogens is 1. The summed E-state index contributed by atoms with van der Waals surface area (Å²) in [5.74, 6) is -2.11. The SMILES string of the molecule is Cc1sc(NC(=O)/C=C\C(=O)O)nc1-c1ccc(F)cc1. The van der Waals surface area contributed by atoms with Crippen molar-refractivity contribution in [2.75, 3.05) is 5.32 Å². The van der Waals surface area contributed by atoms with Gasteiger partial charge in [0.15, 0.2) is 5.13 Å². The summed E-state index contributed by atoms with van der Waals surface area (Å²) in [6.07, 6.45) is 1.66. The first kappa shape index (κ1) is 14.9. The highest BCUT2D eigenvalue weighted by Gasteiger charge is 2.11. The molecule has 1 aromatic heterocycles. The quantitative estimate of drug-likeness (QED) is 0.851. The number of carbonyl (C=O) groups excluding carboxylic acids is 1. The van der Waals surface area contributed by atoms with Crippen LogP contribution in [0.4, 0.5) is 9.52 Å². The van der Waals surface area contributed by atoms with Crippen LogP contribution in [0.25, 0.3) is 11.3 Å². The molecule has 2 aromatic rings. The monoisotopic (exact) mass is 306 g/mol. The van der Waals surface area contributed by atoms with E-state index < -0.39 is 11.9 Å². The molecule has 7 heteroatoms. The minimum atomic E-state index is -1.20. The number of amides is 1. The van der Waals surface area contributed by atoms with Crippen molar-refractivity contribution in [3.05, 3.63) is 47.1 Å². The number of hydrogen-bond donors (Lipinski definition) is 2. The Labute approximate surface area is 123 Å². The van der Waals surface area contributed by atoms with Crippen molar-refractivity contribution < 1.29 is 19.1 Å². The minimum Gasteiger partial charge on any atom is -0.478 e. The van der Waals surface area contributed by atoms with Crippen LogP contribution >= 0.6 is 11.3 Å². The molecule has 2 N–H and O–H groups in total. The van der Waals surface area contributed by atoms with Crippen LogP contribution < -0.4 is 5.32 Å². The zero-order valence-corrected chi connectivity index (χ0v) is 11.8. The molecule has 108 valence electrons. The van der Waals surface area contributed by atoms with Crippen LogP contribution in [0.5, 0.6) is 0 Å². The van der Waals surface area contributed by atoms with Crippen LogP contribution in [0.1, 0.15) is 4.88 Å². The lowest BCUT2D eigenvalue weighted by atomic mass is 10.1. The molecule has 0 aliphatic heterocycles. The number of nitrogens with one attached hydrogen (secondary N) is 1. The number of thiazole rings is 1. The first-order valence-corrected chi connectivity index (χ1v) is 6.72. The molecule has 5 nitrogen and oxygen atoms in total. The Morgan fingerprint density at radius 2 is 1.95 bits per heavy atom. The number of halogens is 1. The van der Waals surface area contributed by atoms with Crippen LogP contribution in [-0.4, -0.2) is 22.0 Å². The number of nitrogens with zero attached hydrogens (tertiary/aromatic N) is 1. The molecule has 0 unspecified atom stereocenters. The van der Waals surface area contributed by atoms with Gasteiger partial charge in [-0.25, -0.2) is 14.2 Å². The van der Waals surface area contributed by atoms with E-state index >= 15 is 0 Å². The predicted octanol–water partition coefficient (Wildman–Crippen LogP) is 2.84. The highest BCUT2D eigenvalue weighted by molar-refractivity contribution is 7.16. The average Bonchev–Trinajstić information content (AvgIpc) is 2.78. The summed E-state index contributed by atoms with van der Waals surface area (Å²) < 4.78 is 12.9. The van der Waals surface area contributed by atoms with Crippen molar-refractivity contribution in [2.24, 2.45) is 0 Å². The van der Waals surface area contributed by atoms with Gasteiger partial charge in [-0.2, -0.15) is 0 Å². The van der Waals surface area contributed by atoms with Crippen molar-refractivity contribution >= 4 is 28.3 Å². The molecule has 0 aliphatic rings. The number of rotatable bonds is 4. The molecule has 1 amide bonds. The van der Waals surface area contributed by atoms with E-state index in [1.165, 1.54) is 23.5 Å². The van der Waals surface area contributed by atoms with Gasteiger partial charge in [0.1, 0.15) is 5.82 Å². The summed E-state index contributed by atoms with van der Waals surface area (Å²) >= 11 is 1.26. The van der Waals surface area contributed by atoms with Gasteiger partial charge >= 0.3 is 5.97 Å². The summed E-state index contributed by atoms with van der Waals surface area (Å²) in [5, 5.41) is 11.3. The number of aryl methyl sites for hydroxylation is 1. The Bertz CT molecular complexity index is 708. The number of aliphatic carboxylic acids is 1. The second-order valence-corrected chi connectivity index (χ2v) is 5.29. The maximum atomic E-state index is 12.9. The predicted molar refractivity (Wildman–Crippen MR) is 77.7 cm³/mol. The van der Waals surface area contributed by atoms with E-state index in [9.17, 15) is 14.0 Å². The van der Waals surface area contributed by atoms with Crippen LogP contribution in [0.2, 0.25) is 0 Å². The maximum absolute atomic E-state index is 12.9. The van der Waals surface area contributed by atoms with Gasteiger partial charge in [-0.05, 0) is 31.2 Å². The number of benzene rings is 1. The molecule has 0 atom stereocenters. The van der Waals surface area contributed by atoms with Gasteiger partial charge in [0, 0.05) is 22.6 Å². The molecule has 1 heterocycles. The molecule has 0 saturated heterocycles. The zero-order valence-electron chi connectivity index (χ0n) is 11.0. The van der Waals surface area contributed by atoms with E-state index in [1.54, 1.807) is 12.1 Å². The van der Waals surface area contributed by atoms with E-state index in [4.69, 9.17) is 5.11 Å². The number of carboxylic acid groups (broad SMARTS) is 1. The standard InChI is InChI=1S/C14H11FN2O3S/c1-8-13(9-2-4-10(15)5-3-9)17-14(21-8)16-11(18)6-7-12(19)20/h2-7H,1H3,(H,19,20)(H,16,17,18)/b7-6-. The van der Waals surface area contributed by atoms with Crippen molar-refractivity contribution in [2.45, 2.75) is 6.92 Å². The second kappa shape index (κ2) is 6.27. The fraction of sp³-hybridized carbons (Fsp3) is 0.0714. The van der Waals surface area contributed by atoms with Crippen molar-refractivity contribution in [3.63, 3.8) is 0 Å². The summed E-state index contributed by atoms with van der Waals surface area (Å²) in [6, 6.07) is 5.88. The highest BCUT2D eigenvalue weighted by Crippen LogP contribution is 2.30. The van der Waals surface area contributed by atoms with Gasteiger partial charge in [-0.3, -0.25) is 10.1 Å². The maximum Gasteiger partial charge on any atom is 0.328 e. The number of carbonyl (C=O) groups is 2. The van der Waals surface area contributed by atoms with E-state index in [2.05, 4.69) is 10.3 Å². The summed E-state index contributed by atoms with van der Waals surface area (Å²) in [4.78, 5) is 26.9. The largest absolute Gasteiger partial charge is 0.478 e. The lowest BCUT2D eigenvalue weighted by Crippen LogP contribution is -2.08. The topological polar surface area (TPSA) is 79.3 Å². The molecule has 0 saturated carbocycles. The Morgan fingerprint density at radius 1 is 1.29 bits per heavy atom. The zero-order chi connectivity index (χ0) is 15.4. The van der Waals surface area contributed by atoms with Crippen molar-refractivity contribution in [1.29, 1.82) is 0 Å². The molecular formula is C14H11FN2O3S. The third-order valence-corrected chi connectivity index (χ3v) is 3.41. The fourth-order valence-electron chi connectivity index (χ4n) is 1.62. The smallest absolute Gasteiger partial charge is 0.328 e. The number of carboxylic acids is 1. The summed E-state index contributed by atoms with van der Waals surface area (Å²) in [6.45, 7) is 1.83. The second-order valence-electron chi connectivity index (χ2n) is 4.09. The van der Waals surface area contributed by atoms with E-state index in [1.807, 2.05) is 6.92 Å². The van der Waals surface area contributed by atoms with Gasteiger partial charge < -0.3 is 5.11 Å². The summed E-state index contributed by atoms with van der Waals surface area (Å²) in [5.41, 5.74) is 1.39. The van der Waals surface area contributed by atoms with Crippen molar-refractivity contribution in [3.8, 4) is 11.3 Å². The molecular weight excluding hydrogens is 295 g/mol. The lowest BCUT2D eigenvalue weighted by molar-refractivity contribution is -0.131. The number of hydrogen-bond acceptors (Lipinski definition) is 4.